The zero-order valence-corrected chi connectivity index (χ0v) is 11.5. The number of carbonyl (C=O) groups excluding carboxylic acids is 1. The maximum atomic E-state index is 11.7. The molecule has 1 aliphatic heterocycles. The fourth-order valence-corrected chi connectivity index (χ4v) is 2.96. The lowest BCUT2D eigenvalue weighted by molar-refractivity contribution is -0.123. The van der Waals surface area contributed by atoms with E-state index in [2.05, 4.69) is 27.8 Å². The van der Waals surface area contributed by atoms with Gasteiger partial charge in [-0.25, -0.2) is 8.42 Å². The normalized spacial score (nSPS) is 22.0. The van der Waals surface area contributed by atoms with Gasteiger partial charge in [-0.05, 0) is 12.8 Å². The molecule has 1 fully saturated rings. The monoisotopic (exact) mass is 310 g/mol. The fourth-order valence-electron chi connectivity index (χ4n) is 1.70. The number of amides is 1. The number of nitrogens with zero attached hydrogens (tertiary/aromatic N) is 1. The van der Waals surface area contributed by atoms with Gasteiger partial charge in [-0.15, -0.1) is 0 Å². The average Bonchev–Trinajstić information content (AvgIpc) is 2.61. The summed E-state index contributed by atoms with van der Waals surface area (Å²) in [4.78, 5) is 11.7. The molecular weight excluding hydrogens is 296 g/mol. The standard InChI is InChI=1S/C9H15BrN2O3S/c1-7(10)6-11-9(13)8-4-3-5-12(8)16(2,14)15/h8H,1,3-6H2,2H3,(H,11,13). The minimum atomic E-state index is -3.30. The highest BCUT2D eigenvalue weighted by molar-refractivity contribution is 9.11. The van der Waals surface area contributed by atoms with Gasteiger partial charge in [-0.1, -0.05) is 22.5 Å². The molecular formula is C9H15BrN2O3S. The largest absolute Gasteiger partial charge is 0.350 e. The zero-order valence-electron chi connectivity index (χ0n) is 9.07. The molecule has 5 nitrogen and oxygen atoms in total. The van der Waals surface area contributed by atoms with E-state index in [1.807, 2.05) is 0 Å². The first-order valence-corrected chi connectivity index (χ1v) is 7.54. The number of sulfonamides is 1. The molecule has 92 valence electrons. The van der Waals surface area contributed by atoms with Crippen LogP contribution in [0.1, 0.15) is 12.8 Å². The summed E-state index contributed by atoms with van der Waals surface area (Å²) in [7, 11) is -3.30. The van der Waals surface area contributed by atoms with E-state index in [4.69, 9.17) is 0 Å². The lowest BCUT2D eigenvalue weighted by atomic mass is 10.2. The molecule has 1 unspecified atom stereocenters. The van der Waals surface area contributed by atoms with Gasteiger partial charge in [0.15, 0.2) is 0 Å². The van der Waals surface area contributed by atoms with Crippen molar-refractivity contribution in [3.05, 3.63) is 11.1 Å². The second-order valence-corrected chi connectivity index (χ2v) is 6.82. The van der Waals surface area contributed by atoms with Gasteiger partial charge in [0.05, 0.1) is 6.26 Å². The predicted octanol–water partition coefficient (Wildman–Crippen LogP) is 0.435. The van der Waals surface area contributed by atoms with Crippen LogP contribution >= 0.6 is 15.9 Å². The van der Waals surface area contributed by atoms with E-state index in [1.54, 1.807) is 0 Å². The van der Waals surface area contributed by atoms with Gasteiger partial charge in [0.1, 0.15) is 6.04 Å². The third-order valence-electron chi connectivity index (χ3n) is 2.39. The van der Waals surface area contributed by atoms with Crippen molar-refractivity contribution in [1.29, 1.82) is 0 Å². The molecule has 0 radical (unpaired) electrons. The van der Waals surface area contributed by atoms with Crippen LogP contribution in [0, 0.1) is 0 Å². The fraction of sp³-hybridized carbons (Fsp3) is 0.667. The summed E-state index contributed by atoms with van der Waals surface area (Å²) in [6.07, 6.45) is 2.43. The average molecular weight is 311 g/mol. The maximum absolute atomic E-state index is 11.7. The highest BCUT2D eigenvalue weighted by atomic mass is 79.9. The molecule has 1 saturated heterocycles. The summed E-state index contributed by atoms with van der Waals surface area (Å²) < 4.78 is 24.7. The summed E-state index contributed by atoms with van der Waals surface area (Å²) in [6.45, 7) is 4.33. The van der Waals surface area contributed by atoms with Crippen LogP contribution in [-0.4, -0.2) is 44.0 Å². The predicted molar refractivity (Wildman–Crippen MR) is 65.6 cm³/mol. The lowest BCUT2D eigenvalue weighted by Crippen LogP contribution is -2.45. The quantitative estimate of drug-likeness (QED) is 0.819. The van der Waals surface area contributed by atoms with Crippen molar-refractivity contribution in [3.63, 3.8) is 0 Å². The van der Waals surface area contributed by atoms with E-state index in [-0.39, 0.29) is 5.91 Å². The Labute approximate surface area is 104 Å². The topological polar surface area (TPSA) is 66.5 Å². The van der Waals surface area contributed by atoms with Crippen LogP contribution in [0.2, 0.25) is 0 Å². The first-order chi connectivity index (χ1) is 7.32. The van der Waals surface area contributed by atoms with E-state index >= 15 is 0 Å². The zero-order chi connectivity index (χ0) is 12.3. The lowest BCUT2D eigenvalue weighted by Gasteiger charge is -2.21. The molecule has 0 aromatic rings. The minimum absolute atomic E-state index is 0.261. The molecule has 1 amide bonds. The molecule has 0 aliphatic carbocycles. The van der Waals surface area contributed by atoms with Crippen molar-refractivity contribution < 1.29 is 13.2 Å². The van der Waals surface area contributed by atoms with E-state index in [9.17, 15) is 13.2 Å². The van der Waals surface area contributed by atoms with Crippen molar-refractivity contribution in [2.45, 2.75) is 18.9 Å². The molecule has 1 rings (SSSR count). The van der Waals surface area contributed by atoms with Gasteiger partial charge in [0.25, 0.3) is 0 Å². The summed E-state index contributed by atoms with van der Waals surface area (Å²) in [5.41, 5.74) is 0. The van der Waals surface area contributed by atoms with Gasteiger partial charge < -0.3 is 5.32 Å². The summed E-state index contributed by atoms with van der Waals surface area (Å²) in [5.74, 6) is -0.261. The second kappa shape index (κ2) is 5.29. The number of nitrogens with one attached hydrogen (secondary N) is 1. The Morgan fingerprint density at radius 3 is 2.75 bits per heavy atom. The Bertz CT molecular complexity index is 394. The third-order valence-corrected chi connectivity index (χ3v) is 3.96. The van der Waals surface area contributed by atoms with E-state index in [1.165, 1.54) is 4.31 Å². The Kier molecular flexibility index (Phi) is 4.52. The van der Waals surface area contributed by atoms with Crippen LogP contribution in [0.15, 0.2) is 11.1 Å². The van der Waals surface area contributed by atoms with Crippen LogP contribution in [0.4, 0.5) is 0 Å². The van der Waals surface area contributed by atoms with Gasteiger partial charge in [0, 0.05) is 17.6 Å². The highest BCUT2D eigenvalue weighted by Gasteiger charge is 2.36. The van der Waals surface area contributed by atoms with Gasteiger partial charge >= 0.3 is 0 Å². The van der Waals surface area contributed by atoms with Crippen LogP contribution < -0.4 is 5.32 Å². The third kappa shape index (κ3) is 3.57. The van der Waals surface area contributed by atoms with Crippen molar-refractivity contribution in [2.75, 3.05) is 19.3 Å². The maximum Gasteiger partial charge on any atom is 0.238 e. The molecule has 0 spiro atoms. The summed E-state index contributed by atoms with van der Waals surface area (Å²) in [5, 5.41) is 2.63. The van der Waals surface area contributed by atoms with Crippen molar-refractivity contribution in [1.82, 2.24) is 9.62 Å². The molecule has 1 aliphatic rings. The van der Waals surface area contributed by atoms with Crippen molar-refractivity contribution in [3.8, 4) is 0 Å². The Morgan fingerprint density at radius 2 is 2.25 bits per heavy atom. The number of rotatable bonds is 4. The van der Waals surface area contributed by atoms with E-state index in [0.717, 1.165) is 12.7 Å². The minimum Gasteiger partial charge on any atom is -0.350 e. The Morgan fingerprint density at radius 1 is 1.62 bits per heavy atom. The van der Waals surface area contributed by atoms with Crippen LogP contribution in [0.3, 0.4) is 0 Å². The number of halogens is 1. The van der Waals surface area contributed by atoms with Gasteiger partial charge in [0.2, 0.25) is 15.9 Å². The SMILES string of the molecule is C=C(Br)CNC(=O)C1CCCN1S(C)(=O)=O. The van der Waals surface area contributed by atoms with Crippen LogP contribution in [0.5, 0.6) is 0 Å². The Balaban J connectivity index is 2.65. The van der Waals surface area contributed by atoms with E-state index in [0.29, 0.717) is 24.0 Å². The highest BCUT2D eigenvalue weighted by Crippen LogP contribution is 2.20. The van der Waals surface area contributed by atoms with Gasteiger partial charge in [-0.3, -0.25) is 4.79 Å². The first-order valence-electron chi connectivity index (χ1n) is 4.90. The molecule has 0 saturated carbocycles. The number of carbonyl (C=O) groups is 1. The van der Waals surface area contributed by atoms with Crippen molar-refractivity contribution >= 4 is 31.9 Å². The molecule has 0 aromatic carbocycles. The smallest absolute Gasteiger partial charge is 0.238 e. The first kappa shape index (κ1) is 13.7. The van der Waals surface area contributed by atoms with E-state index < -0.39 is 16.1 Å². The van der Waals surface area contributed by atoms with Gasteiger partial charge in [-0.2, -0.15) is 4.31 Å². The Hall–Kier alpha value is -0.400. The molecule has 7 heteroatoms. The molecule has 0 aromatic heterocycles. The van der Waals surface area contributed by atoms with Crippen LogP contribution in [-0.2, 0) is 14.8 Å². The van der Waals surface area contributed by atoms with Crippen LogP contribution in [0.25, 0.3) is 0 Å². The van der Waals surface area contributed by atoms with Crippen molar-refractivity contribution in [2.24, 2.45) is 0 Å². The summed E-state index contributed by atoms with van der Waals surface area (Å²) in [6, 6.07) is -0.568. The molecule has 1 heterocycles. The molecule has 1 N–H and O–H groups in total. The number of hydrogen-bond acceptors (Lipinski definition) is 3. The molecule has 0 bridgehead atoms. The second-order valence-electron chi connectivity index (χ2n) is 3.77. The molecule has 16 heavy (non-hydrogen) atoms. The summed E-state index contributed by atoms with van der Waals surface area (Å²) >= 11 is 3.13. The molecule has 1 atom stereocenters. The number of hydrogen-bond donors (Lipinski definition) is 1.